The van der Waals surface area contributed by atoms with Crippen LogP contribution in [0.15, 0.2) is 30.0 Å². The molecule has 2 heterocycles. The summed E-state index contributed by atoms with van der Waals surface area (Å²) in [6.45, 7) is 5.19. The molecule has 2 aromatic heterocycles. The van der Waals surface area contributed by atoms with Gasteiger partial charge in [-0.1, -0.05) is 6.92 Å². The van der Waals surface area contributed by atoms with E-state index in [4.69, 9.17) is 0 Å². The van der Waals surface area contributed by atoms with Crippen molar-refractivity contribution >= 4 is 11.3 Å². The second-order valence-corrected chi connectivity index (χ2v) is 4.95. The highest BCUT2D eigenvalue weighted by molar-refractivity contribution is 7.09. The van der Waals surface area contributed by atoms with E-state index in [0.717, 1.165) is 13.0 Å². The normalized spacial score (nSPS) is 12.6. The molecule has 0 saturated carbocycles. The summed E-state index contributed by atoms with van der Waals surface area (Å²) in [5.41, 5.74) is 2.55. The fourth-order valence-electron chi connectivity index (χ4n) is 1.94. The molecule has 2 aromatic rings. The number of pyridine rings is 1. The number of likely N-dealkylation sites (N-methyl/N-ethyl adjacent to an activating group) is 1. The molecule has 0 aliphatic carbocycles. The molecule has 0 bridgehead atoms. The van der Waals surface area contributed by atoms with Crippen LogP contribution >= 0.6 is 11.3 Å². The average molecular weight is 247 g/mol. The van der Waals surface area contributed by atoms with E-state index < -0.39 is 0 Å². The van der Waals surface area contributed by atoms with Crippen molar-refractivity contribution in [2.75, 3.05) is 6.54 Å². The van der Waals surface area contributed by atoms with Crippen LogP contribution in [0.3, 0.4) is 0 Å². The molecule has 1 atom stereocenters. The first-order valence-electron chi connectivity index (χ1n) is 5.83. The van der Waals surface area contributed by atoms with Gasteiger partial charge in [0.05, 0.1) is 5.01 Å². The predicted molar refractivity (Wildman–Crippen MR) is 71.2 cm³/mol. The van der Waals surface area contributed by atoms with Gasteiger partial charge in [-0.25, -0.2) is 4.98 Å². The van der Waals surface area contributed by atoms with E-state index in [1.54, 1.807) is 11.3 Å². The van der Waals surface area contributed by atoms with Crippen LogP contribution in [-0.2, 0) is 6.42 Å². The van der Waals surface area contributed by atoms with Gasteiger partial charge in [0.2, 0.25) is 0 Å². The van der Waals surface area contributed by atoms with Crippen LogP contribution in [0.2, 0.25) is 0 Å². The molecule has 17 heavy (non-hydrogen) atoms. The van der Waals surface area contributed by atoms with Gasteiger partial charge in [0, 0.05) is 36.4 Å². The Morgan fingerprint density at radius 3 is 2.94 bits per heavy atom. The third-order valence-corrected chi connectivity index (χ3v) is 3.55. The van der Waals surface area contributed by atoms with E-state index in [1.165, 1.54) is 16.1 Å². The minimum absolute atomic E-state index is 0.328. The molecule has 0 amide bonds. The van der Waals surface area contributed by atoms with Crippen molar-refractivity contribution in [3.8, 4) is 0 Å². The first-order valence-corrected chi connectivity index (χ1v) is 6.71. The highest BCUT2D eigenvalue weighted by atomic mass is 32.1. The van der Waals surface area contributed by atoms with Crippen LogP contribution in [-0.4, -0.2) is 16.5 Å². The third kappa shape index (κ3) is 3.11. The van der Waals surface area contributed by atoms with E-state index in [0.29, 0.717) is 6.04 Å². The first kappa shape index (κ1) is 12.2. The van der Waals surface area contributed by atoms with Gasteiger partial charge >= 0.3 is 0 Å². The molecule has 1 unspecified atom stereocenters. The molecule has 2 rings (SSSR count). The summed E-state index contributed by atoms with van der Waals surface area (Å²) >= 11 is 1.71. The number of hydrogen-bond acceptors (Lipinski definition) is 4. The maximum Gasteiger partial charge on any atom is 0.0943 e. The molecular weight excluding hydrogens is 230 g/mol. The van der Waals surface area contributed by atoms with E-state index >= 15 is 0 Å². The lowest BCUT2D eigenvalue weighted by atomic mass is 10.0. The van der Waals surface area contributed by atoms with Gasteiger partial charge in [-0.3, -0.25) is 4.98 Å². The smallest absolute Gasteiger partial charge is 0.0943 e. The molecule has 0 spiro atoms. The van der Waals surface area contributed by atoms with Gasteiger partial charge in [0.15, 0.2) is 0 Å². The lowest BCUT2D eigenvalue weighted by Gasteiger charge is -2.18. The van der Waals surface area contributed by atoms with E-state index in [-0.39, 0.29) is 0 Å². The molecule has 1 N–H and O–H groups in total. The summed E-state index contributed by atoms with van der Waals surface area (Å²) in [6.07, 6.45) is 6.58. The summed E-state index contributed by atoms with van der Waals surface area (Å²) in [5, 5.41) is 6.72. The molecule has 0 saturated heterocycles. The van der Waals surface area contributed by atoms with Crippen molar-refractivity contribution < 1.29 is 0 Å². The molecule has 3 nitrogen and oxygen atoms in total. The molecule has 4 heteroatoms. The zero-order chi connectivity index (χ0) is 12.1. The predicted octanol–water partition coefficient (Wildman–Crippen LogP) is 2.74. The van der Waals surface area contributed by atoms with Crippen molar-refractivity contribution in [1.82, 2.24) is 15.3 Å². The van der Waals surface area contributed by atoms with Crippen molar-refractivity contribution in [1.29, 1.82) is 0 Å². The summed E-state index contributed by atoms with van der Waals surface area (Å²) < 4.78 is 0. The van der Waals surface area contributed by atoms with Crippen molar-refractivity contribution in [3.05, 3.63) is 46.2 Å². The van der Waals surface area contributed by atoms with Gasteiger partial charge < -0.3 is 5.32 Å². The zero-order valence-corrected chi connectivity index (χ0v) is 11.0. The molecular formula is C13H17N3S. The van der Waals surface area contributed by atoms with Crippen LogP contribution in [0.5, 0.6) is 0 Å². The topological polar surface area (TPSA) is 37.8 Å². The number of aromatic nitrogens is 2. The maximum absolute atomic E-state index is 4.36. The second-order valence-electron chi connectivity index (χ2n) is 3.97. The third-order valence-electron chi connectivity index (χ3n) is 2.75. The minimum atomic E-state index is 0.328. The van der Waals surface area contributed by atoms with Gasteiger partial charge in [0.1, 0.15) is 0 Å². The summed E-state index contributed by atoms with van der Waals surface area (Å²) in [6, 6.07) is 2.42. The number of thiazole rings is 1. The monoisotopic (exact) mass is 247 g/mol. The lowest BCUT2D eigenvalue weighted by molar-refractivity contribution is 0.545. The SMILES string of the molecule is CCNC(Cc1nccs1)c1ccncc1C. The van der Waals surface area contributed by atoms with Crippen molar-refractivity contribution in [2.24, 2.45) is 0 Å². The minimum Gasteiger partial charge on any atom is -0.310 e. The number of hydrogen-bond donors (Lipinski definition) is 1. The Bertz CT molecular complexity index is 453. The zero-order valence-electron chi connectivity index (χ0n) is 10.2. The quantitative estimate of drug-likeness (QED) is 0.883. The number of aryl methyl sites for hydroxylation is 1. The summed E-state index contributed by atoms with van der Waals surface area (Å²) in [5.74, 6) is 0. The Morgan fingerprint density at radius 2 is 2.29 bits per heavy atom. The Kier molecular flexibility index (Phi) is 4.23. The molecule has 0 radical (unpaired) electrons. The number of nitrogens with zero attached hydrogens (tertiary/aromatic N) is 2. The fourth-order valence-corrected chi connectivity index (χ4v) is 2.61. The van der Waals surface area contributed by atoms with Crippen molar-refractivity contribution in [2.45, 2.75) is 26.3 Å². The van der Waals surface area contributed by atoms with E-state index in [1.807, 2.05) is 24.0 Å². The highest BCUT2D eigenvalue weighted by Crippen LogP contribution is 2.21. The fraction of sp³-hybridized carbons (Fsp3) is 0.385. The first-order chi connectivity index (χ1) is 8.31. The van der Waals surface area contributed by atoms with Crippen LogP contribution < -0.4 is 5.32 Å². The Labute approximate surface area is 106 Å². The summed E-state index contributed by atoms with van der Waals surface area (Å²) in [7, 11) is 0. The largest absolute Gasteiger partial charge is 0.310 e. The lowest BCUT2D eigenvalue weighted by Crippen LogP contribution is -2.23. The Balaban J connectivity index is 2.20. The maximum atomic E-state index is 4.36. The Hall–Kier alpha value is -1.26. The van der Waals surface area contributed by atoms with Crippen molar-refractivity contribution in [3.63, 3.8) is 0 Å². The van der Waals surface area contributed by atoms with Crippen LogP contribution in [0.25, 0.3) is 0 Å². The Morgan fingerprint density at radius 1 is 1.41 bits per heavy atom. The van der Waals surface area contributed by atoms with Crippen LogP contribution in [0.1, 0.15) is 29.1 Å². The standard InChI is InChI=1S/C13H17N3S/c1-3-15-12(8-13-16-6-7-17-13)11-4-5-14-9-10(11)2/h4-7,9,12,15H,3,8H2,1-2H3. The summed E-state index contributed by atoms with van der Waals surface area (Å²) in [4.78, 5) is 8.50. The molecule has 0 aromatic carbocycles. The second kappa shape index (κ2) is 5.89. The van der Waals surface area contributed by atoms with Gasteiger partial charge in [-0.2, -0.15) is 0 Å². The molecule has 0 fully saturated rings. The molecule has 90 valence electrons. The van der Waals surface area contributed by atoms with E-state index in [2.05, 4.69) is 35.2 Å². The average Bonchev–Trinajstić information content (AvgIpc) is 2.82. The van der Waals surface area contributed by atoms with Crippen LogP contribution in [0.4, 0.5) is 0 Å². The molecule has 0 aliphatic rings. The number of rotatable bonds is 5. The van der Waals surface area contributed by atoms with Gasteiger partial charge in [-0.05, 0) is 30.7 Å². The number of nitrogens with one attached hydrogen (secondary N) is 1. The highest BCUT2D eigenvalue weighted by Gasteiger charge is 2.14. The van der Waals surface area contributed by atoms with Crippen LogP contribution in [0, 0.1) is 6.92 Å². The van der Waals surface area contributed by atoms with Gasteiger partial charge in [0.25, 0.3) is 0 Å². The van der Waals surface area contributed by atoms with Gasteiger partial charge in [-0.15, -0.1) is 11.3 Å². The molecule has 0 aliphatic heterocycles. The van der Waals surface area contributed by atoms with E-state index in [9.17, 15) is 0 Å².